The zero-order chi connectivity index (χ0) is 19.8. The second-order valence-electron chi connectivity index (χ2n) is 5.74. The van der Waals surface area contributed by atoms with E-state index >= 15 is 0 Å². The number of hydrogen-bond donors (Lipinski definition) is 1. The predicted molar refractivity (Wildman–Crippen MR) is 100 cm³/mol. The van der Waals surface area contributed by atoms with Crippen molar-refractivity contribution in [2.75, 3.05) is 38.4 Å². The molecule has 1 N–H and O–H groups in total. The molecule has 0 saturated carbocycles. The van der Waals surface area contributed by atoms with Crippen molar-refractivity contribution in [3.05, 3.63) is 42.5 Å². The molecule has 0 fully saturated rings. The minimum atomic E-state index is -0.663. The largest absolute Gasteiger partial charge is 0.490 e. The van der Waals surface area contributed by atoms with Crippen LogP contribution < -0.4 is 24.3 Å². The van der Waals surface area contributed by atoms with E-state index < -0.39 is 18.5 Å². The monoisotopic (exact) mass is 387 g/mol. The predicted octanol–water partition coefficient (Wildman–Crippen LogP) is 2.42. The van der Waals surface area contributed by atoms with Crippen molar-refractivity contribution in [3.63, 3.8) is 0 Å². The summed E-state index contributed by atoms with van der Waals surface area (Å²) in [7, 11) is 0. The highest BCUT2D eigenvalue weighted by atomic mass is 16.6. The van der Waals surface area contributed by atoms with Gasteiger partial charge in [-0.1, -0.05) is 12.1 Å². The first-order chi connectivity index (χ1) is 13.7. The van der Waals surface area contributed by atoms with Crippen LogP contribution in [0.4, 0.5) is 5.69 Å². The lowest BCUT2D eigenvalue weighted by Gasteiger charge is -2.19. The minimum absolute atomic E-state index is 0.332. The van der Waals surface area contributed by atoms with Crippen molar-refractivity contribution in [3.8, 4) is 23.0 Å². The van der Waals surface area contributed by atoms with Gasteiger partial charge >= 0.3 is 5.97 Å². The number of carbonyl (C=O) groups is 2. The Balaban J connectivity index is 1.44. The van der Waals surface area contributed by atoms with Gasteiger partial charge in [0.05, 0.1) is 6.61 Å². The van der Waals surface area contributed by atoms with Gasteiger partial charge in [-0.05, 0) is 31.2 Å². The van der Waals surface area contributed by atoms with Crippen molar-refractivity contribution in [1.82, 2.24) is 0 Å². The van der Waals surface area contributed by atoms with E-state index in [9.17, 15) is 9.59 Å². The summed E-state index contributed by atoms with van der Waals surface area (Å²) >= 11 is 0. The Morgan fingerprint density at radius 2 is 1.68 bits per heavy atom. The maximum atomic E-state index is 12.0. The number of fused-ring (bicyclic) bond motifs is 1. The number of anilines is 1. The van der Waals surface area contributed by atoms with Crippen molar-refractivity contribution in [1.29, 1.82) is 0 Å². The van der Waals surface area contributed by atoms with E-state index in [-0.39, 0.29) is 6.61 Å². The Hall–Kier alpha value is -3.42. The van der Waals surface area contributed by atoms with Gasteiger partial charge in [-0.3, -0.25) is 4.79 Å². The van der Waals surface area contributed by atoms with Crippen LogP contribution in [0, 0.1) is 0 Å². The van der Waals surface area contributed by atoms with Crippen LogP contribution in [0.5, 0.6) is 23.0 Å². The molecule has 0 aromatic heterocycles. The third kappa shape index (κ3) is 5.29. The SMILES string of the molecule is CCOc1ccccc1OCC(=O)OCC(=O)Nc1ccc2c(c1)OCCO2. The van der Waals surface area contributed by atoms with Crippen molar-refractivity contribution in [2.24, 2.45) is 0 Å². The van der Waals surface area contributed by atoms with Gasteiger partial charge in [-0.15, -0.1) is 0 Å². The van der Waals surface area contributed by atoms with E-state index in [1.54, 1.807) is 42.5 Å². The van der Waals surface area contributed by atoms with Crippen LogP contribution in [-0.2, 0) is 14.3 Å². The zero-order valence-electron chi connectivity index (χ0n) is 15.4. The maximum absolute atomic E-state index is 12.0. The van der Waals surface area contributed by atoms with E-state index in [0.717, 1.165) is 0 Å². The van der Waals surface area contributed by atoms with E-state index in [1.165, 1.54) is 0 Å². The number of ether oxygens (including phenoxy) is 5. The normalized spacial score (nSPS) is 12.0. The summed E-state index contributed by atoms with van der Waals surface area (Å²) in [6, 6.07) is 12.0. The Bertz CT molecular complexity index is 837. The second-order valence-corrected chi connectivity index (χ2v) is 5.74. The molecule has 0 bridgehead atoms. The van der Waals surface area contributed by atoms with Crippen molar-refractivity contribution < 1.29 is 33.3 Å². The van der Waals surface area contributed by atoms with Crippen molar-refractivity contribution in [2.45, 2.75) is 6.92 Å². The number of carbonyl (C=O) groups excluding carboxylic acids is 2. The maximum Gasteiger partial charge on any atom is 0.344 e. The Morgan fingerprint density at radius 1 is 0.964 bits per heavy atom. The first kappa shape index (κ1) is 19.3. The summed E-state index contributed by atoms with van der Waals surface area (Å²) in [6.07, 6.45) is 0. The van der Waals surface area contributed by atoms with Crippen LogP contribution in [0.1, 0.15) is 6.92 Å². The molecule has 0 atom stereocenters. The highest BCUT2D eigenvalue weighted by Gasteiger charge is 2.14. The van der Waals surface area contributed by atoms with E-state index in [2.05, 4.69) is 5.32 Å². The van der Waals surface area contributed by atoms with Gasteiger partial charge in [0.2, 0.25) is 0 Å². The molecule has 3 rings (SSSR count). The van der Waals surface area contributed by atoms with Crippen LogP contribution in [0.15, 0.2) is 42.5 Å². The van der Waals surface area contributed by atoms with Gasteiger partial charge < -0.3 is 29.0 Å². The molecule has 1 heterocycles. The lowest BCUT2D eigenvalue weighted by molar-refractivity contribution is -0.149. The Labute approximate surface area is 162 Å². The lowest BCUT2D eigenvalue weighted by Crippen LogP contribution is -2.24. The molecule has 1 aliphatic rings. The average Bonchev–Trinajstić information content (AvgIpc) is 2.72. The minimum Gasteiger partial charge on any atom is -0.490 e. The smallest absolute Gasteiger partial charge is 0.344 e. The van der Waals surface area contributed by atoms with E-state index in [4.69, 9.17) is 23.7 Å². The number of nitrogens with one attached hydrogen (secondary N) is 1. The van der Waals surface area contributed by atoms with Gasteiger partial charge in [-0.25, -0.2) is 4.79 Å². The molecule has 1 amide bonds. The molecule has 148 valence electrons. The number of para-hydroxylation sites is 2. The summed E-state index contributed by atoms with van der Waals surface area (Å²) in [5.74, 6) is 1.02. The van der Waals surface area contributed by atoms with E-state index in [0.29, 0.717) is 48.5 Å². The van der Waals surface area contributed by atoms with Crippen LogP contribution in [0.25, 0.3) is 0 Å². The standard InChI is InChI=1S/C20H21NO7/c1-2-24-15-5-3-4-6-16(15)27-13-20(23)28-12-19(22)21-14-7-8-17-18(11-14)26-10-9-25-17/h3-8,11H,2,9-10,12-13H2,1H3,(H,21,22). The molecule has 1 aliphatic heterocycles. The quantitative estimate of drug-likeness (QED) is 0.696. The highest BCUT2D eigenvalue weighted by molar-refractivity contribution is 5.93. The molecule has 2 aromatic carbocycles. The Kier molecular flexibility index (Phi) is 6.56. The van der Waals surface area contributed by atoms with E-state index in [1.807, 2.05) is 6.92 Å². The summed E-state index contributed by atoms with van der Waals surface area (Å²) in [5, 5.41) is 2.63. The topological polar surface area (TPSA) is 92.3 Å². The van der Waals surface area contributed by atoms with Crippen LogP contribution >= 0.6 is 0 Å². The molecule has 8 heteroatoms. The van der Waals surface area contributed by atoms with Gasteiger partial charge in [0, 0.05) is 11.8 Å². The molecule has 8 nitrogen and oxygen atoms in total. The second kappa shape index (κ2) is 9.50. The molecule has 0 spiro atoms. The molecular formula is C20H21NO7. The lowest BCUT2D eigenvalue weighted by atomic mass is 10.2. The number of amides is 1. The first-order valence-electron chi connectivity index (χ1n) is 8.85. The fourth-order valence-corrected chi connectivity index (χ4v) is 2.49. The molecule has 0 unspecified atom stereocenters. The average molecular weight is 387 g/mol. The van der Waals surface area contributed by atoms with Crippen LogP contribution in [-0.4, -0.2) is 44.9 Å². The number of esters is 1. The molecule has 0 radical (unpaired) electrons. The van der Waals surface area contributed by atoms with Crippen LogP contribution in [0.2, 0.25) is 0 Å². The van der Waals surface area contributed by atoms with Gasteiger partial charge in [0.15, 0.2) is 36.2 Å². The molecule has 0 saturated heterocycles. The summed E-state index contributed by atoms with van der Waals surface area (Å²) in [4.78, 5) is 23.8. The highest BCUT2D eigenvalue weighted by Crippen LogP contribution is 2.32. The van der Waals surface area contributed by atoms with Gasteiger partial charge in [-0.2, -0.15) is 0 Å². The fourth-order valence-electron chi connectivity index (χ4n) is 2.49. The molecule has 28 heavy (non-hydrogen) atoms. The van der Waals surface area contributed by atoms with Gasteiger partial charge in [0.1, 0.15) is 13.2 Å². The summed E-state index contributed by atoms with van der Waals surface area (Å²) in [5.41, 5.74) is 0.521. The molecule has 2 aromatic rings. The number of benzene rings is 2. The van der Waals surface area contributed by atoms with Gasteiger partial charge in [0.25, 0.3) is 5.91 Å². The number of hydrogen-bond acceptors (Lipinski definition) is 7. The Morgan fingerprint density at radius 3 is 2.43 bits per heavy atom. The third-order valence-electron chi connectivity index (χ3n) is 3.68. The third-order valence-corrected chi connectivity index (χ3v) is 3.68. The summed E-state index contributed by atoms with van der Waals surface area (Å²) < 4.78 is 26.6. The molecule has 0 aliphatic carbocycles. The summed E-state index contributed by atoms with van der Waals surface area (Å²) in [6.45, 7) is 2.52. The molecular weight excluding hydrogens is 366 g/mol. The zero-order valence-corrected chi connectivity index (χ0v) is 15.4. The first-order valence-corrected chi connectivity index (χ1v) is 8.85. The fraction of sp³-hybridized carbons (Fsp3) is 0.300. The number of rotatable bonds is 8. The van der Waals surface area contributed by atoms with Crippen molar-refractivity contribution >= 4 is 17.6 Å². The van der Waals surface area contributed by atoms with Crippen LogP contribution in [0.3, 0.4) is 0 Å².